The van der Waals surface area contributed by atoms with Gasteiger partial charge in [-0.25, -0.2) is 9.97 Å². The molecule has 0 aliphatic heterocycles. The van der Waals surface area contributed by atoms with E-state index < -0.39 is 5.95 Å². The second-order valence-electron chi connectivity index (χ2n) is 5.71. The molecule has 25 heavy (non-hydrogen) atoms. The lowest BCUT2D eigenvalue weighted by Crippen LogP contribution is -2.11. The summed E-state index contributed by atoms with van der Waals surface area (Å²) in [4.78, 5) is 10.2. The molecule has 0 saturated carbocycles. The van der Waals surface area contributed by atoms with Gasteiger partial charge in [-0.3, -0.25) is 0 Å². The summed E-state index contributed by atoms with van der Waals surface area (Å²) in [5, 5.41) is 0.888. The minimum atomic E-state index is -0.556. The van der Waals surface area contributed by atoms with Gasteiger partial charge in [0, 0.05) is 14.1 Å². The van der Waals surface area contributed by atoms with E-state index in [1.165, 1.54) is 10.3 Å². The number of rotatable bonds is 3. The number of hydrogen-bond acceptors (Lipinski definition) is 4. The number of benzene rings is 1. The highest BCUT2D eigenvalue weighted by molar-refractivity contribution is 7.19. The molecule has 2 aromatic heterocycles. The van der Waals surface area contributed by atoms with E-state index in [0.29, 0.717) is 5.82 Å². The van der Waals surface area contributed by atoms with Crippen LogP contribution < -0.4 is 4.90 Å². The number of anilines is 1. The Kier molecular flexibility index (Phi) is 5.11. The summed E-state index contributed by atoms with van der Waals surface area (Å²) in [6.07, 6.45) is 4.55. The molecule has 0 aliphatic carbocycles. The fraction of sp³-hybridized carbons (Fsp3) is 0.200. The molecule has 3 nitrogen and oxygen atoms in total. The average molecular weight is 351 g/mol. The summed E-state index contributed by atoms with van der Waals surface area (Å²) in [5.41, 5.74) is 2.58. The van der Waals surface area contributed by atoms with Gasteiger partial charge < -0.3 is 4.90 Å². The SMILES string of the molecule is CCc1ccc2nc(/C=C/C#Cc3ccc(N(C)C)nc3F)sc2c1. The molecule has 3 rings (SSSR count). The van der Waals surface area contributed by atoms with Gasteiger partial charge in [-0.05, 0) is 48.4 Å². The molecular weight excluding hydrogens is 333 g/mol. The van der Waals surface area contributed by atoms with Crippen LogP contribution >= 0.6 is 11.3 Å². The van der Waals surface area contributed by atoms with E-state index in [0.717, 1.165) is 16.9 Å². The van der Waals surface area contributed by atoms with E-state index in [9.17, 15) is 4.39 Å². The normalized spacial score (nSPS) is 10.9. The Labute approximate surface area is 150 Å². The number of aromatic nitrogens is 2. The van der Waals surface area contributed by atoms with Gasteiger partial charge in [0.2, 0.25) is 5.95 Å². The van der Waals surface area contributed by atoms with Crippen LogP contribution in [0.25, 0.3) is 16.3 Å². The maximum absolute atomic E-state index is 13.9. The van der Waals surface area contributed by atoms with Crippen LogP contribution in [-0.2, 0) is 6.42 Å². The van der Waals surface area contributed by atoms with Crippen LogP contribution in [0, 0.1) is 17.8 Å². The summed E-state index contributed by atoms with van der Waals surface area (Å²) < 4.78 is 15.1. The molecule has 126 valence electrons. The third kappa shape index (κ3) is 4.04. The van der Waals surface area contributed by atoms with E-state index >= 15 is 0 Å². The molecular formula is C20H18FN3S. The molecule has 0 saturated heterocycles. The first-order chi connectivity index (χ1) is 12.1. The molecule has 0 unspecified atom stereocenters. The van der Waals surface area contributed by atoms with Gasteiger partial charge in [0.15, 0.2) is 0 Å². The number of halogens is 1. The molecule has 0 fully saturated rings. The Hall–Kier alpha value is -2.71. The number of pyridine rings is 1. The van der Waals surface area contributed by atoms with E-state index in [4.69, 9.17) is 0 Å². The van der Waals surface area contributed by atoms with Crippen LogP contribution in [-0.4, -0.2) is 24.1 Å². The first-order valence-corrected chi connectivity index (χ1v) is 8.80. The first kappa shape index (κ1) is 17.1. The number of thiazole rings is 1. The third-order valence-corrected chi connectivity index (χ3v) is 4.67. The Balaban J connectivity index is 1.77. The van der Waals surface area contributed by atoms with Gasteiger partial charge in [-0.1, -0.05) is 24.8 Å². The Bertz CT molecular complexity index is 993. The van der Waals surface area contributed by atoms with E-state index in [1.807, 2.05) is 26.2 Å². The van der Waals surface area contributed by atoms with Crippen molar-refractivity contribution in [2.24, 2.45) is 0 Å². The fourth-order valence-electron chi connectivity index (χ4n) is 2.28. The monoisotopic (exact) mass is 351 g/mol. The lowest BCUT2D eigenvalue weighted by atomic mass is 10.2. The Morgan fingerprint density at radius 2 is 2.04 bits per heavy atom. The topological polar surface area (TPSA) is 29.0 Å². The van der Waals surface area contributed by atoms with Gasteiger partial charge in [0.05, 0.1) is 15.8 Å². The highest BCUT2D eigenvalue weighted by Crippen LogP contribution is 2.24. The van der Waals surface area contributed by atoms with E-state index in [-0.39, 0.29) is 5.56 Å². The van der Waals surface area contributed by atoms with Gasteiger partial charge in [-0.2, -0.15) is 4.39 Å². The second-order valence-corrected chi connectivity index (χ2v) is 6.77. The van der Waals surface area contributed by atoms with Gasteiger partial charge >= 0.3 is 0 Å². The minimum absolute atomic E-state index is 0.284. The summed E-state index contributed by atoms with van der Waals surface area (Å²) in [7, 11) is 3.63. The third-order valence-electron chi connectivity index (χ3n) is 3.69. The van der Waals surface area contributed by atoms with Crippen molar-refractivity contribution in [3.05, 3.63) is 58.5 Å². The van der Waals surface area contributed by atoms with Crippen molar-refractivity contribution in [2.75, 3.05) is 19.0 Å². The van der Waals surface area contributed by atoms with Gasteiger partial charge in [-0.15, -0.1) is 11.3 Å². The summed E-state index contributed by atoms with van der Waals surface area (Å²) in [6.45, 7) is 2.14. The quantitative estimate of drug-likeness (QED) is 0.513. The van der Waals surface area contributed by atoms with Crippen molar-refractivity contribution in [1.82, 2.24) is 9.97 Å². The number of hydrogen-bond donors (Lipinski definition) is 0. The smallest absolute Gasteiger partial charge is 0.230 e. The number of aryl methyl sites for hydroxylation is 1. The van der Waals surface area contributed by atoms with Crippen molar-refractivity contribution < 1.29 is 4.39 Å². The molecule has 0 N–H and O–H groups in total. The summed E-state index contributed by atoms with van der Waals surface area (Å²) in [5.74, 6) is 5.65. The second kappa shape index (κ2) is 7.45. The van der Waals surface area contributed by atoms with Crippen LogP contribution in [0.1, 0.15) is 23.1 Å². The molecule has 3 aromatic rings. The van der Waals surface area contributed by atoms with Crippen LogP contribution in [0.3, 0.4) is 0 Å². The van der Waals surface area contributed by atoms with Crippen molar-refractivity contribution >= 4 is 33.4 Å². The zero-order valence-electron chi connectivity index (χ0n) is 14.4. The molecule has 5 heteroatoms. The lowest BCUT2D eigenvalue weighted by Gasteiger charge is -2.10. The standard InChI is InChI=1S/C20H18FN3S/c1-4-14-9-11-16-17(13-14)25-19(22-16)8-6-5-7-15-10-12-18(24(2)3)23-20(15)21/h6,8-13H,4H2,1-3H3/b8-6+. The van der Waals surface area contributed by atoms with Crippen molar-refractivity contribution in [2.45, 2.75) is 13.3 Å². The maximum atomic E-state index is 13.9. The molecule has 0 atom stereocenters. The highest BCUT2D eigenvalue weighted by Gasteiger charge is 2.04. The summed E-state index contributed by atoms with van der Waals surface area (Å²) in [6, 6.07) is 9.70. The number of nitrogens with zero attached hydrogens (tertiary/aromatic N) is 3. The predicted molar refractivity (Wildman–Crippen MR) is 103 cm³/mol. The number of allylic oxidation sites excluding steroid dienone is 1. The van der Waals surface area contributed by atoms with Gasteiger partial charge in [0.1, 0.15) is 10.8 Å². The zero-order chi connectivity index (χ0) is 17.8. The molecule has 0 spiro atoms. The molecule has 0 radical (unpaired) electrons. The van der Waals surface area contributed by atoms with Crippen LogP contribution in [0.15, 0.2) is 36.4 Å². The Morgan fingerprint density at radius 1 is 1.20 bits per heavy atom. The van der Waals surface area contributed by atoms with Crippen LogP contribution in [0.4, 0.5) is 10.2 Å². The molecule has 0 bridgehead atoms. The fourth-order valence-corrected chi connectivity index (χ4v) is 3.21. The zero-order valence-corrected chi connectivity index (χ0v) is 15.2. The molecule has 1 aromatic carbocycles. The minimum Gasteiger partial charge on any atom is -0.363 e. The van der Waals surface area contributed by atoms with Gasteiger partial charge in [0.25, 0.3) is 0 Å². The summed E-state index contributed by atoms with van der Waals surface area (Å²) >= 11 is 1.62. The van der Waals surface area contributed by atoms with Crippen molar-refractivity contribution in [3.8, 4) is 11.8 Å². The van der Waals surface area contributed by atoms with Crippen molar-refractivity contribution in [3.63, 3.8) is 0 Å². The first-order valence-electron chi connectivity index (χ1n) is 7.98. The molecule has 0 aliphatic rings. The predicted octanol–water partition coefficient (Wildman–Crippen LogP) is 4.52. The highest BCUT2D eigenvalue weighted by atomic mass is 32.1. The molecule has 0 amide bonds. The van der Waals surface area contributed by atoms with E-state index in [1.54, 1.807) is 34.4 Å². The largest absolute Gasteiger partial charge is 0.363 e. The maximum Gasteiger partial charge on any atom is 0.230 e. The number of fused-ring (bicyclic) bond motifs is 1. The van der Waals surface area contributed by atoms with Crippen LogP contribution in [0.2, 0.25) is 0 Å². The van der Waals surface area contributed by atoms with Crippen LogP contribution in [0.5, 0.6) is 0 Å². The lowest BCUT2D eigenvalue weighted by molar-refractivity contribution is 0.580. The molecule has 2 heterocycles. The van der Waals surface area contributed by atoms with Crippen molar-refractivity contribution in [1.29, 1.82) is 0 Å². The Morgan fingerprint density at radius 3 is 2.76 bits per heavy atom. The van der Waals surface area contributed by atoms with E-state index in [2.05, 4.69) is 40.9 Å². The average Bonchev–Trinajstić information content (AvgIpc) is 3.01.